The maximum Gasteiger partial charge on any atom is 0.435 e. The molecule has 1 aromatic rings. The summed E-state index contributed by atoms with van der Waals surface area (Å²) >= 11 is 0. The van der Waals surface area contributed by atoms with Gasteiger partial charge in [-0.05, 0) is 38.5 Å². The minimum atomic E-state index is -0.588. The summed E-state index contributed by atoms with van der Waals surface area (Å²) in [7, 11) is 0. The topological polar surface area (TPSA) is 38.8 Å². The number of carbonyl (C=O) groups excluding carboxylic acids is 1. The van der Waals surface area contributed by atoms with Crippen LogP contribution in [0, 0.1) is 5.82 Å². The molecule has 0 radical (unpaired) electrons. The molecule has 2 rings (SSSR count). The Kier molecular flexibility index (Phi) is 3.75. The average molecular weight is 267 g/mol. The maximum atomic E-state index is 13.2. The molecule has 1 amide bonds. The highest BCUT2D eigenvalue weighted by Gasteiger charge is 2.34. The fraction of sp³-hybridized carbons (Fsp3) is 0.500. The van der Waals surface area contributed by atoms with E-state index in [2.05, 4.69) is 0 Å². The lowest BCUT2D eigenvalue weighted by Crippen LogP contribution is -2.35. The lowest BCUT2D eigenvalue weighted by Gasteiger charge is -2.27. The Morgan fingerprint density at radius 2 is 2.21 bits per heavy atom. The molecule has 0 aliphatic carbocycles. The van der Waals surface area contributed by atoms with Gasteiger partial charge < -0.3 is 4.74 Å². The Morgan fingerprint density at radius 1 is 1.47 bits per heavy atom. The number of hydrogen-bond donors (Lipinski definition) is 0. The predicted octanol–water partition coefficient (Wildman–Crippen LogP) is 3.44. The van der Waals surface area contributed by atoms with Crippen LogP contribution in [0.15, 0.2) is 24.3 Å². The van der Waals surface area contributed by atoms with Gasteiger partial charge in [-0.1, -0.05) is 12.1 Å². The second kappa shape index (κ2) is 5.17. The van der Waals surface area contributed by atoms with E-state index in [1.54, 1.807) is 32.9 Å². The van der Waals surface area contributed by atoms with E-state index in [0.29, 0.717) is 18.6 Å². The molecule has 0 aromatic heterocycles. The van der Waals surface area contributed by atoms with Crippen LogP contribution >= 0.6 is 0 Å². The Hall–Kier alpha value is -1.62. The SMILES string of the molecule is CC(C)(C)OC(=O)N1OCCC1c1cccc(F)c1. The average Bonchev–Trinajstić information content (AvgIpc) is 2.75. The molecule has 1 aromatic carbocycles. The van der Waals surface area contributed by atoms with Crippen molar-refractivity contribution in [3.05, 3.63) is 35.6 Å². The lowest BCUT2D eigenvalue weighted by atomic mass is 10.0. The van der Waals surface area contributed by atoms with E-state index in [0.717, 1.165) is 0 Å². The molecule has 1 aliphatic heterocycles. The van der Waals surface area contributed by atoms with E-state index in [9.17, 15) is 9.18 Å². The molecule has 0 spiro atoms. The van der Waals surface area contributed by atoms with Crippen molar-refractivity contribution < 1.29 is 18.8 Å². The number of amides is 1. The largest absolute Gasteiger partial charge is 0.442 e. The third-order valence-electron chi connectivity index (χ3n) is 2.71. The first-order valence-corrected chi connectivity index (χ1v) is 6.27. The predicted molar refractivity (Wildman–Crippen MR) is 67.8 cm³/mol. The summed E-state index contributed by atoms with van der Waals surface area (Å²) in [5, 5.41) is 1.19. The van der Waals surface area contributed by atoms with Crippen molar-refractivity contribution >= 4 is 6.09 Å². The van der Waals surface area contributed by atoms with Gasteiger partial charge in [0.2, 0.25) is 0 Å². The fourth-order valence-corrected chi connectivity index (χ4v) is 1.97. The summed E-state index contributed by atoms with van der Waals surface area (Å²) in [5.74, 6) is -0.325. The molecule has 1 atom stereocenters. The number of hydrogen-bond acceptors (Lipinski definition) is 3. The number of nitrogens with zero attached hydrogens (tertiary/aromatic N) is 1. The van der Waals surface area contributed by atoms with E-state index in [-0.39, 0.29) is 11.9 Å². The first kappa shape index (κ1) is 13.8. The number of rotatable bonds is 1. The van der Waals surface area contributed by atoms with Crippen molar-refractivity contribution in [1.82, 2.24) is 5.06 Å². The van der Waals surface area contributed by atoms with Gasteiger partial charge in [-0.3, -0.25) is 4.84 Å². The van der Waals surface area contributed by atoms with Crippen LogP contribution in [-0.2, 0) is 9.57 Å². The molecular weight excluding hydrogens is 249 g/mol. The number of carbonyl (C=O) groups is 1. The molecule has 0 N–H and O–H groups in total. The molecule has 19 heavy (non-hydrogen) atoms. The van der Waals surface area contributed by atoms with E-state index >= 15 is 0 Å². The highest BCUT2D eigenvalue weighted by atomic mass is 19.1. The van der Waals surface area contributed by atoms with Gasteiger partial charge in [0, 0.05) is 6.42 Å². The van der Waals surface area contributed by atoms with Crippen molar-refractivity contribution in [3.63, 3.8) is 0 Å². The molecule has 1 aliphatic rings. The zero-order valence-electron chi connectivity index (χ0n) is 11.4. The molecule has 0 saturated carbocycles. The normalized spacial score (nSPS) is 19.6. The van der Waals surface area contributed by atoms with Crippen molar-refractivity contribution in [1.29, 1.82) is 0 Å². The van der Waals surface area contributed by atoms with E-state index in [1.807, 2.05) is 0 Å². The number of hydroxylamine groups is 2. The van der Waals surface area contributed by atoms with Crippen molar-refractivity contribution in [2.45, 2.75) is 38.8 Å². The van der Waals surface area contributed by atoms with Gasteiger partial charge in [-0.15, -0.1) is 0 Å². The van der Waals surface area contributed by atoms with Crippen molar-refractivity contribution in [3.8, 4) is 0 Å². The van der Waals surface area contributed by atoms with Crippen LogP contribution in [0.3, 0.4) is 0 Å². The van der Waals surface area contributed by atoms with Crippen molar-refractivity contribution in [2.24, 2.45) is 0 Å². The van der Waals surface area contributed by atoms with Crippen molar-refractivity contribution in [2.75, 3.05) is 6.61 Å². The van der Waals surface area contributed by atoms with Gasteiger partial charge >= 0.3 is 6.09 Å². The first-order valence-electron chi connectivity index (χ1n) is 6.27. The third-order valence-corrected chi connectivity index (χ3v) is 2.71. The molecule has 0 bridgehead atoms. The van der Waals surface area contributed by atoms with Crippen LogP contribution in [0.2, 0.25) is 0 Å². The number of benzene rings is 1. The Balaban J connectivity index is 2.15. The molecular formula is C14H18FNO3. The third kappa shape index (κ3) is 3.44. The highest BCUT2D eigenvalue weighted by Crippen LogP contribution is 2.31. The minimum absolute atomic E-state index is 0.300. The Labute approximate surface area is 112 Å². The summed E-state index contributed by atoms with van der Waals surface area (Å²) in [6, 6.07) is 5.88. The maximum absolute atomic E-state index is 13.2. The summed E-state index contributed by atoms with van der Waals surface area (Å²) in [4.78, 5) is 17.3. The quantitative estimate of drug-likeness (QED) is 0.782. The van der Waals surface area contributed by atoms with Crippen LogP contribution < -0.4 is 0 Å². The lowest BCUT2D eigenvalue weighted by molar-refractivity contribution is -0.125. The highest BCUT2D eigenvalue weighted by molar-refractivity contribution is 5.67. The number of halogens is 1. The monoisotopic (exact) mass is 267 g/mol. The molecule has 104 valence electrons. The minimum Gasteiger partial charge on any atom is -0.442 e. The Bertz CT molecular complexity index is 470. The van der Waals surface area contributed by atoms with E-state index < -0.39 is 11.7 Å². The Morgan fingerprint density at radius 3 is 2.84 bits per heavy atom. The summed E-state index contributed by atoms with van der Waals surface area (Å²) in [5.41, 5.74) is 0.124. The first-order chi connectivity index (χ1) is 8.87. The second-order valence-corrected chi connectivity index (χ2v) is 5.50. The summed E-state index contributed by atoms with van der Waals surface area (Å²) in [6.45, 7) is 5.79. The molecule has 4 nitrogen and oxygen atoms in total. The number of ether oxygens (including phenoxy) is 1. The molecule has 1 heterocycles. The summed E-state index contributed by atoms with van der Waals surface area (Å²) in [6.07, 6.45) is 0.0853. The second-order valence-electron chi connectivity index (χ2n) is 5.50. The van der Waals surface area contributed by atoms with E-state index in [1.165, 1.54) is 17.2 Å². The van der Waals surface area contributed by atoms with Gasteiger partial charge in [0.15, 0.2) is 0 Å². The van der Waals surface area contributed by atoms with Gasteiger partial charge in [0.05, 0.1) is 12.6 Å². The molecule has 5 heteroatoms. The van der Waals surface area contributed by atoms with Crippen LogP contribution in [0.5, 0.6) is 0 Å². The van der Waals surface area contributed by atoms with Gasteiger partial charge in [-0.25, -0.2) is 9.18 Å². The molecule has 1 saturated heterocycles. The van der Waals surface area contributed by atoms with Gasteiger partial charge in [-0.2, -0.15) is 5.06 Å². The van der Waals surface area contributed by atoms with Crippen LogP contribution in [0.25, 0.3) is 0 Å². The zero-order valence-corrected chi connectivity index (χ0v) is 11.4. The molecule has 1 unspecified atom stereocenters. The van der Waals surface area contributed by atoms with Gasteiger partial charge in [0.25, 0.3) is 0 Å². The smallest absolute Gasteiger partial charge is 0.435 e. The van der Waals surface area contributed by atoms with Gasteiger partial charge in [0.1, 0.15) is 11.4 Å². The van der Waals surface area contributed by atoms with Crippen LogP contribution in [-0.4, -0.2) is 23.4 Å². The summed E-state index contributed by atoms with van der Waals surface area (Å²) < 4.78 is 18.5. The molecule has 1 fully saturated rings. The zero-order chi connectivity index (χ0) is 14.0. The van der Waals surface area contributed by atoms with Crippen LogP contribution in [0.4, 0.5) is 9.18 Å². The van der Waals surface area contributed by atoms with E-state index in [4.69, 9.17) is 9.57 Å². The fourth-order valence-electron chi connectivity index (χ4n) is 1.97. The van der Waals surface area contributed by atoms with Crippen LogP contribution in [0.1, 0.15) is 38.8 Å². The standard InChI is InChI=1S/C14H18FNO3/c1-14(2,3)19-13(17)16-12(7-8-18-16)10-5-4-6-11(15)9-10/h4-6,9,12H,7-8H2,1-3H3.